The van der Waals surface area contributed by atoms with Gasteiger partial charge in [-0.1, -0.05) is 18.2 Å². The quantitative estimate of drug-likeness (QED) is 0.621. The third kappa shape index (κ3) is 4.50. The maximum Gasteiger partial charge on any atom is 0.321 e. The largest absolute Gasteiger partial charge is 0.426 e. The Hall–Kier alpha value is -2.89. The second-order valence-electron chi connectivity index (χ2n) is 7.32. The SMILES string of the molecule is Cc1cc(C)c(C)c(OC(=O)C2CCCN(C(=O)Nc3ccccc3F)C2)c1. The van der Waals surface area contributed by atoms with E-state index in [-0.39, 0.29) is 18.2 Å². The van der Waals surface area contributed by atoms with Crippen LogP contribution >= 0.6 is 0 Å². The molecular formula is C22H25FN2O3. The Morgan fingerprint density at radius 1 is 1.18 bits per heavy atom. The van der Waals surface area contributed by atoms with Crippen LogP contribution in [0.3, 0.4) is 0 Å². The highest BCUT2D eigenvalue weighted by atomic mass is 19.1. The molecule has 1 fully saturated rings. The molecule has 148 valence electrons. The van der Waals surface area contributed by atoms with E-state index >= 15 is 0 Å². The number of carbonyl (C=O) groups is 2. The number of nitrogens with one attached hydrogen (secondary N) is 1. The van der Waals surface area contributed by atoms with Gasteiger partial charge < -0.3 is 15.0 Å². The zero-order valence-electron chi connectivity index (χ0n) is 16.4. The normalized spacial score (nSPS) is 16.6. The summed E-state index contributed by atoms with van der Waals surface area (Å²) in [6, 6.07) is 9.50. The monoisotopic (exact) mass is 384 g/mol. The lowest BCUT2D eigenvalue weighted by atomic mass is 9.98. The molecule has 28 heavy (non-hydrogen) atoms. The number of rotatable bonds is 3. The van der Waals surface area contributed by atoms with Crippen molar-refractivity contribution in [3.05, 3.63) is 58.9 Å². The molecule has 0 radical (unpaired) electrons. The highest BCUT2D eigenvalue weighted by Crippen LogP contribution is 2.26. The molecule has 6 heteroatoms. The third-order valence-electron chi connectivity index (χ3n) is 5.13. The average Bonchev–Trinajstić information content (AvgIpc) is 2.67. The van der Waals surface area contributed by atoms with Gasteiger partial charge >= 0.3 is 12.0 Å². The first-order valence-electron chi connectivity index (χ1n) is 9.45. The first-order valence-corrected chi connectivity index (χ1v) is 9.45. The van der Waals surface area contributed by atoms with E-state index in [4.69, 9.17) is 4.74 Å². The molecule has 1 atom stereocenters. The van der Waals surface area contributed by atoms with Crippen molar-refractivity contribution in [3.63, 3.8) is 0 Å². The number of hydrogen-bond acceptors (Lipinski definition) is 3. The second-order valence-corrected chi connectivity index (χ2v) is 7.32. The molecule has 3 rings (SSSR count). The van der Waals surface area contributed by atoms with Gasteiger partial charge in [0, 0.05) is 13.1 Å². The van der Waals surface area contributed by atoms with Crippen molar-refractivity contribution in [2.45, 2.75) is 33.6 Å². The molecule has 2 amide bonds. The number of nitrogens with zero attached hydrogens (tertiary/aromatic N) is 1. The van der Waals surface area contributed by atoms with Gasteiger partial charge in [0.25, 0.3) is 0 Å². The minimum atomic E-state index is -0.492. The molecule has 0 bridgehead atoms. The van der Waals surface area contributed by atoms with Crippen LogP contribution in [-0.4, -0.2) is 30.0 Å². The number of urea groups is 1. The zero-order chi connectivity index (χ0) is 20.3. The van der Waals surface area contributed by atoms with Crippen molar-refractivity contribution < 1.29 is 18.7 Å². The van der Waals surface area contributed by atoms with Crippen LogP contribution in [0.15, 0.2) is 36.4 Å². The molecule has 1 N–H and O–H groups in total. The van der Waals surface area contributed by atoms with Gasteiger partial charge in [-0.05, 0) is 68.5 Å². The van der Waals surface area contributed by atoms with E-state index in [0.717, 1.165) is 16.7 Å². The fourth-order valence-corrected chi connectivity index (χ4v) is 3.41. The Morgan fingerprint density at radius 2 is 1.93 bits per heavy atom. The number of carbonyl (C=O) groups excluding carboxylic acids is 2. The Balaban J connectivity index is 1.65. The predicted octanol–water partition coefficient (Wildman–Crippen LogP) is 4.60. The number of benzene rings is 2. The average molecular weight is 384 g/mol. The summed E-state index contributed by atoms with van der Waals surface area (Å²) >= 11 is 0. The molecule has 0 aromatic heterocycles. The van der Waals surface area contributed by atoms with Gasteiger partial charge in [-0.3, -0.25) is 4.79 Å². The van der Waals surface area contributed by atoms with E-state index in [1.165, 1.54) is 17.0 Å². The summed E-state index contributed by atoms with van der Waals surface area (Å²) in [7, 11) is 0. The molecular weight excluding hydrogens is 359 g/mol. The van der Waals surface area contributed by atoms with Gasteiger partial charge in [0.05, 0.1) is 11.6 Å². The van der Waals surface area contributed by atoms with Crippen LogP contribution in [0.1, 0.15) is 29.5 Å². The summed E-state index contributed by atoms with van der Waals surface area (Å²) in [6.45, 7) is 6.64. The Morgan fingerprint density at radius 3 is 2.68 bits per heavy atom. The summed E-state index contributed by atoms with van der Waals surface area (Å²) < 4.78 is 19.4. The second kappa shape index (κ2) is 8.42. The van der Waals surface area contributed by atoms with Crippen molar-refractivity contribution in [2.24, 2.45) is 5.92 Å². The third-order valence-corrected chi connectivity index (χ3v) is 5.13. The maximum atomic E-state index is 13.8. The number of hydrogen-bond donors (Lipinski definition) is 1. The van der Waals surface area contributed by atoms with Crippen molar-refractivity contribution in [1.29, 1.82) is 0 Å². The standard InChI is InChI=1S/C22H25FN2O3/c1-14-11-15(2)16(3)20(12-14)28-21(26)17-7-6-10-25(13-17)22(27)24-19-9-5-4-8-18(19)23/h4-5,8-9,11-12,17H,6-7,10,13H2,1-3H3,(H,24,27). The van der Waals surface area contributed by atoms with Crippen LogP contribution in [0.2, 0.25) is 0 Å². The molecule has 1 heterocycles. The fourth-order valence-electron chi connectivity index (χ4n) is 3.41. The van der Waals surface area contributed by atoms with Gasteiger partial charge in [0.15, 0.2) is 0 Å². The first-order chi connectivity index (χ1) is 13.3. The van der Waals surface area contributed by atoms with E-state index in [1.54, 1.807) is 12.1 Å². The zero-order valence-corrected chi connectivity index (χ0v) is 16.4. The molecule has 2 aromatic carbocycles. The Bertz CT molecular complexity index is 897. The molecule has 0 saturated carbocycles. The number of amides is 2. The van der Waals surface area contributed by atoms with Crippen molar-refractivity contribution in [1.82, 2.24) is 4.90 Å². The summed E-state index contributed by atoms with van der Waals surface area (Å²) in [5.41, 5.74) is 3.16. The van der Waals surface area contributed by atoms with Crippen LogP contribution in [0, 0.1) is 32.5 Å². The lowest BCUT2D eigenvalue weighted by Gasteiger charge is -2.31. The number of likely N-dealkylation sites (tertiary alicyclic amines) is 1. The number of aryl methyl sites for hydroxylation is 2. The van der Waals surface area contributed by atoms with Gasteiger partial charge in [-0.25, -0.2) is 9.18 Å². The lowest BCUT2D eigenvalue weighted by molar-refractivity contribution is -0.140. The van der Waals surface area contributed by atoms with Gasteiger partial charge in [-0.2, -0.15) is 0 Å². The minimum Gasteiger partial charge on any atom is -0.426 e. The number of esters is 1. The summed E-state index contributed by atoms with van der Waals surface area (Å²) in [5.74, 6) is -0.665. The van der Waals surface area contributed by atoms with E-state index < -0.39 is 17.8 Å². The summed E-state index contributed by atoms with van der Waals surface area (Å²) in [6.07, 6.45) is 1.35. The fraction of sp³-hybridized carbons (Fsp3) is 0.364. The molecule has 5 nitrogen and oxygen atoms in total. The summed E-state index contributed by atoms with van der Waals surface area (Å²) in [4.78, 5) is 26.7. The lowest BCUT2D eigenvalue weighted by Crippen LogP contribution is -2.45. The number of piperidine rings is 1. The van der Waals surface area contributed by atoms with Crippen LogP contribution < -0.4 is 10.1 Å². The highest BCUT2D eigenvalue weighted by molar-refractivity contribution is 5.90. The van der Waals surface area contributed by atoms with E-state index in [0.29, 0.717) is 25.1 Å². The Kier molecular flexibility index (Phi) is 5.97. The molecule has 2 aromatic rings. The van der Waals surface area contributed by atoms with Gasteiger partial charge in [0.1, 0.15) is 11.6 Å². The topological polar surface area (TPSA) is 58.6 Å². The molecule has 0 aliphatic carbocycles. The summed E-state index contributed by atoms with van der Waals surface area (Å²) in [5, 5.41) is 2.57. The molecule has 1 aliphatic rings. The van der Waals surface area contributed by atoms with E-state index in [1.807, 2.05) is 32.9 Å². The molecule has 1 unspecified atom stereocenters. The maximum absolute atomic E-state index is 13.8. The number of ether oxygens (including phenoxy) is 1. The van der Waals surface area contributed by atoms with Gasteiger partial charge in [-0.15, -0.1) is 0 Å². The van der Waals surface area contributed by atoms with E-state index in [9.17, 15) is 14.0 Å². The predicted molar refractivity (Wildman–Crippen MR) is 106 cm³/mol. The van der Waals surface area contributed by atoms with Gasteiger partial charge in [0.2, 0.25) is 0 Å². The van der Waals surface area contributed by atoms with Crippen LogP contribution in [-0.2, 0) is 4.79 Å². The molecule has 0 spiro atoms. The van der Waals surface area contributed by atoms with Crippen molar-refractivity contribution >= 4 is 17.7 Å². The minimum absolute atomic E-state index is 0.128. The molecule has 1 aliphatic heterocycles. The number of para-hydroxylation sites is 1. The van der Waals surface area contributed by atoms with Crippen molar-refractivity contribution in [2.75, 3.05) is 18.4 Å². The van der Waals surface area contributed by atoms with Crippen LogP contribution in [0.25, 0.3) is 0 Å². The number of anilines is 1. The van der Waals surface area contributed by atoms with Crippen LogP contribution in [0.5, 0.6) is 5.75 Å². The van der Waals surface area contributed by atoms with E-state index in [2.05, 4.69) is 5.32 Å². The molecule has 1 saturated heterocycles. The Labute approximate surface area is 164 Å². The first kappa shape index (κ1) is 19.9. The highest BCUT2D eigenvalue weighted by Gasteiger charge is 2.30. The van der Waals surface area contributed by atoms with Crippen molar-refractivity contribution in [3.8, 4) is 5.75 Å². The smallest absolute Gasteiger partial charge is 0.321 e. The van der Waals surface area contributed by atoms with Crippen LogP contribution in [0.4, 0.5) is 14.9 Å². The number of halogens is 1.